The minimum Gasteiger partial charge on any atom is -0.0885 e. The van der Waals surface area contributed by atoms with Gasteiger partial charge in [-0.2, -0.15) is 0 Å². The third-order valence-corrected chi connectivity index (χ3v) is 3.23. The second-order valence-corrected chi connectivity index (χ2v) is 5.16. The molecule has 0 aliphatic heterocycles. The van der Waals surface area contributed by atoms with Gasteiger partial charge in [-0.25, -0.2) is 0 Å². The van der Waals surface area contributed by atoms with E-state index in [1.54, 1.807) is 0 Å². The normalized spacial score (nSPS) is 13.4. The minimum absolute atomic E-state index is 0.888. The fraction of sp³-hybridized carbons (Fsp3) is 0.875. The van der Waals surface area contributed by atoms with Crippen LogP contribution in [-0.4, -0.2) is 0 Å². The maximum atomic E-state index is 2.40. The summed E-state index contributed by atoms with van der Waals surface area (Å²) in [6.07, 6.45) is 18.5. The van der Waals surface area contributed by atoms with E-state index in [9.17, 15) is 0 Å². The number of hydrogen-bond acceptors (Lipinski definition) is 0. The molecule has 0 fully saturated rings. The summed E-state index contributed by atoms with van der Waals surface area (Å²) in [6, 6.07) is 0. The van der Waals surface area contributed by atoms with E-state index in [2.05, 4.69) is 32.9 Å². The lowest BCUT2D eigenvalue weighted by atomic mass is 9.99. The van der Waals surface area contributed by atoms with Gasteiger partial charge in [-0.3, -0.25) is 0 Å². The van der Waals surface area contributed by atoms with Crippen LogP contribution in [-0.2, 0) is 0 Å². The molecule has 0 aliphatic rings. The second kappa shape index (κ2) is 12.8. The monoisotopic (exact) mass is 224 g/mol. The Balaban J connectivity index is 3.24. The third kappa shape index (κ3) is 11.8. The fourth-order valence-corrected chi connectivity index (χ4v) is 2.00. The van der Waals surface area contributed by atoms with E-state index in [-0.39, 0.29) is 0 Å². The summed E-state index contributed by atoms with van der Waals surface area (Å²) in [5.41, 5.74) is 0. The first-order valence-electron chi connectivity index (χ1n) is 7.46. The predicted octanol–water partition coefficient (Wildman–Crippen LogP) is 6.12. The molecule has 16 heavy (non-hydrogen) atoms. The maximum absolute atomic E-state index is 2.40. The molecule has 0 heterocycles. The van der Waals surface area contributed by atoms with Crippen molar-refractivity contribution in [3.63, 3.8) is 0 Å². The van der Waals surface area contributed by atoms with Crippen LogP contribution in [0.5, 0.6) is 0 Å². The van der Waals surface area contributed by atoms with Gasteiger partial charge in [-0.1, -0.05) is 77.9 Å². The van der Waals surface area contributed by atoms with Crippen LogP contribution in [0.3, 0.4) is 0 Å². The van der Waals surface area contributed by atoms with Crippen LogP contribution in [0.15, 0.2) is 12.2 Å². The molecule has 0 amide bonds. The molecule has 0 aliphatic carbocycles. The van der Waals surface area contributed by atoms with Gasteiger partial charge in [0.25, 0.3) is 0 Å². The van der Waals surface area contributed by atoms with Crippen molar-refractivity contribution in [3.05, 3.63) is 12.2 Å². The lowest BCUT2D eigenvalue weighted by Gasteiger charge is -2.07. The molecule has 0 aromatic carbocycles. The molecule has 96 valence electrons. The standard InChI is InChI=1S/C16H32/c1-4-6-8-10-11-13-15-16(3)14-12-9-7-5-2/h11,13,16H,4-10,12,14-15H2,1-3H3/b13-11-. The van der Waals surface area contributed by atoms with Crippen LogP contribution in [0.4, 0.5) is 0 Å². The van der Waals surface area contributed by atoms with Gasteiger partial charge in [0.2, 0.25) is 0 Å². The van der Waals surface area contributed by atoms with Crippen LogP contribution >= 0.6 is 0 Å². The van der Waals surface area contributed by atoms with Gasteiger partial charge < -0.3 is 0 Å². The van der Waals surface area contributed by atoms with Crippen molar-refractivity contribution >= 4 is 0 Å². The zero-order chi connectivity index (χ0) is 12.1. The zero-order valence-corrected chi connectivity index (χ0v) is 11.8. The SMILES string of the molecule is CCCCC/C=C\CC(C)CCCCCC. The van der Waals surface area contributed by atoms with Crippen molar-refractivity contribution in [1.29, 1.82) is 0 Å². The van der Waals surface area contributed by atoms with Crippen LogP contribution in [0, 0.1) is 5.92 Å². The van der Waals surface area contributed by atoms with E-state index in [1.165, 1.54) is 64.2 Å². The summed E-state index contributed by atoms with van der Waals surface area (Å²) in [7, 11) is 0. The average Bonchev–Trinajstić information content (AvgIpc) is 2.29. The van der Waals surface area contributed by atoms with Crippen molar-refractivity contribution < 1.29 is 0 Å². The fourth-order valence-electron chi connectivity index (χ4n) is 2.00. The summed E-state index contributed by atoms with van der Waals surface area (Å²) >= 11 is 0. The lowest BCUT2D eigenvalue weighted by Crippen LogP contribution is -1.92. The summed E-state index contributed by atoms with van der Waals surface area (Å²) < 4.78 is 0. The molecule has 1 atom stereocenters. The Hall–Kier alpha value is -0.260. The predicted molar refractivity (Wildman–Crippen MR) is 75.8 cm³/mol. The smallest absolute Gasteiger partial charge is 0.0325 e. The number of allylic oxidation sites excluding steroid dienone is 2. The molecule has 0 spiro atoms. The van der Waals surface area contributed by atoms with Crippen LogP contribution < -0.4 is 0 Å². The van der Waals surface area contributed by atoms with Crippen molar-refractivity contribution in [1.82, 2.24) is 0 Å². The minimum atomic E-state index is 0.888. The van der Waals surface area contributed by atoms with Crippen LogP contribution in [0.25, 0.3) is 0 Å². The Bertz CT molecular complexity index is 146. The molecule has 0 aromatic heterocycles. The average molecular weight is 224 g/mol. The molecule has 0 nitrogen and oxygen atoms in total. The van der Waals surface area contributed by atoms with E-state index in [0.29, 0.717) is 0 Å². The molecule has 1 unspecified atom stereocenters. The van der Waals surface area contributed by atoms with Crippen molar-refractivity contribution in [3.8, 4) is 0 Å². The van der Waals surface area contributed by atoms with Crippen LogP contribution in [0.1, 0.15) is 85.0 Å². The highest BCUT2D eigenvalue weighted by atomic mass is 14.0. The molecule has 0 aromatic rings. The summed E-state index contributed by atoms with van der Waals surface area (Å²) in [6.45, 7) is 6.94. The van der Waals surface area contributed by atoms with E-state index in [0.717, 1.165) is 5.92 Å². The van der Waals surface area contributed by atoms with Gasteiger partial charge in [0, 0.05) is 0 Å². The van der Waals surface area contributed by atoms with Gasteiger partial charge >= 0.3 is 0 Å². The van der Waals surface area contributed by atoms with Crippen LogP contribution in [0.2, 0.25) is 0 Å². The summed E-state index contributed by atoms with van der Waals surface area (Å²) in [5.74, 6) is 0.888. The van der Waals surface area contributed by atoms with Gasteiger partial charge in [-0.05, 0) is 25.2 Å². The highest BCUT2D eigenvalue weighted by molar-refractivity contribution is 4.83. The molecule has 0 heteroatoms. The van der Waals surface area contributed by atoms with Crippen molar-refractivity contribution in [2.75, 3.05) is 0 Å². The van der Waals surface area contributed by atoms with Gasteiger partial charge in [0.05, 0.1) is 0 Å². The van der Waals surface area contributed by atoms with Gasteiger partial charge in [0.15, 0.2) is 0 Å². The van der Waals surface area contributed by atoms with E-state index in [1.807, 2.05) is 0 Å². The van der Waals surface area contributed by atoms with Gasteiger partial charge in [-0.15, -0.1) is 0 Å². The summed E-state index contributed by atoms with van der Waals surface area (Å²) in [5, 5.41) is 0. The lowest BCUT2D eigenvalue weighted by molar-refractivity contribution is 0.493. The summed E-state index contributed by atoms with van der Waals surface area (Å²) in [4.78, 5) is 0. The third-order valence-electron chi connectivity index (χ3n) is 3.23. The molecule has 0 radical (unpaired) electrons. The molecule has 0 saturated heterocycles. The molecular weight excluding hydrogens is 192 g/mol. The maximum Gasteiger partial charge on any atom is -0.0325 e. The van der Waals surface area contributed by atoms with Crippen molar-refractivity contribution in [2.45, 2.75) is 85.0 Å². The Morgan fingerprint density at radius 1 is 0.812 bits per heavy atom. The topological polar surface area (TPSA) is 0 Å². The second-order valence-electron chi connectivity index (χ2n) is 5.16. The number of hydrogen-bond donors (Lipinski definition) is 0. The Morgan fingerprint density at radius 3 is 2.19 bits per heavy atom. The molecular formula is C16H32. The molecule has 0 N–H and O–H groups in total. The molecule has 0 saturated carbocycles. The quantitative estimate of drug-likeness (QED) is 0.293. The first-order valence-corrected chi connectivity index (χ1v) is 7.46. The highest BCUT2D eigenvalue weighted by Crippen LogP contribution is 2.14. The largest absolute Gasteiger partial charge is 0.0885 e. The van der Waals surface area contributed by atoms with Gasteiger partial charge in [0.1, 0.15) is 0 Å². The first-order chi connectivity index (χ1) is 7.81. The Kier molecular flexibility index (Phi) is 12.6. The van der Waals surface area contributed by atoms with E-state index in [4.69, 9.17) is 0 Å². The molecule has 0 rings (SSSR count). The van der Waals surface area contributed by atoms with Crippen molar-refractivity contribution in [2.24, 2.45) is 5.92 Å². The number of rotatable bonds is 11. The van der Waals surface area contributed by atoms with E-state index >= 15 is 0 Å². The first kappa shape index (κ1) is 15.7. The Morgan fingerprint density at radius 2 is 1.50 bits per heavy atom. The number of unbranched alkanes of at least 4 members (excludes halogenated alkanes) is 6. The highest BCUT2D eigenvalue weighted by Gasteiger charge is 1.98. The Labute approximate surface area is 104 Å². The van der Waals surface area contributed by atoms with E-state index < -0.39 is 0 Å². The molecule has 0 bridgehead atoms. The zero-order valence-electron chi connectivity index (χ0n) is 11.8.